The van der Waals surface area contributed by atoms with Gasteiger partial charge in [0.05, 0.1) is 0 Å². The Hall–Kier alpha value is -0.150. The minimum absolute atomic E-state index is 0.0249. The van der Waals surface area contributed by atoms with Gasteiger partial charge in [-0.15, -0.1) is 0 Å². The van der Waals surface area contributed by atoms with E-state index in [1.54, 1.807) is 6.08 Å². The summed E-state index contributed by atoms with van der Waals surface area (Å²) in [6.45, 7) is 0. The van der Waals surface area contributed by atoms with E-state index in [1.165, 1.54) is 0 Å². The zero-order valence-electron chi connectivity index (χ0n) is 4.93. The first-order chi connectivity index (χ1) is 4.18. The molecule has 1 unspecified atom stereocenters. The van der Waals surface area contributed by atoms with Crippen LogP contribution in [0.1, 0.15) is 12.8 Å². The Morgan fingerprint density at radius 1 is 1.67 bits per heavy atom. The molecule has 50 valence electrons. The van der Waals surface area contributed by atoms with Crippen LogP contribution in [0.15, 0.2) is 10.6 Å². The highest BCUT2D eigenvalue weighted by atomic mass is 79.9. The van der Waals surface area contributed by atoms with Crippen LogP contribution in [0.5, 0.6) is 0 Å². The zero-order chi connectivity index (χ0) is 6.85. The monoisotopic (exact) mass is 189 g/mol. The van der Waals surface area contributed by atoms with Gasteiger partial charge in [0, 0.05) is 16.9 Å². The van der Waals surface area contributed by atoms with E-state index in [0.29, 0.717) is 6.42 Å². The summed E-state index contributed by atoms with van der Waals surface area (Å²) in [6, 6.07) is 0.0249. The van der Waals surface area contributed by atoms with E-state index in [4.69, 9.17) is 5.73 Å². The van der Waals surface area contributed by atoms with Crippen molar-refractivity contribution in [2.24, 2.45) is 5.73 Å². The summed E-state index contributed by atoms with van der Waals surface area (Å²) in [7, 11) is 0. The third-order valence-corrected chi connectivity index (χ3v) is 1.79. The molecule has 9 heavy (non-hydrogen) atoms. The van der Waals surface area contributed by atoms with E-state index >= 15 is 0 Å². The second-order valence-electron chi connectivity index (χ2n) is 2.23. The maximum Gasteiger partial charge on any atom is 0.158 e. The highest BCUT2D eigenvalue weighted by Gasteiger charge is 2.14. The largest absolute Gasteiger partial charge is 0.327 e. The van der Waals surface area contributed by atoms with Crippen molar-refractivity contribution in [3.63, 3.8) is 0 Å². The lowest BCUT2D eigenvalue weighted by Crippen LogP contribution is -2.26. The van der Waals surface area contributed by atoms with Crippen molar-refractivity contribution in [1.82, 2.24) is 0 Å². The normalized spacial score (nSPS) is 28.0. The highest BCUT2D eigenvalue weighted by Crippen LogP contribution is 2.18. The molecule has 1 atom stereocenters. The van der Waals surface area contributed by atoms with Crippen molar-refractivity contribution in [3.8, 4) is 0 Å². The Balaban J connectivity index is 2.67. The van der Waals surface area contributed by atoms with Gasteiger partial charge in [0.15, 0.2) is 5.78 Å². The molecule has 1 aliphatic carbocycles. The van der Waals surface area contributed by atoms with Crippen LogP contribution < -0.4 is 5.73 Å². The van der Waals surface area contributed by atoms with Crippen LogP contribution in [0.4, 0.5) is 0 Å². The maximum absolute atomic E-state index is 10.7. The van der Waals surface area contributed by atoms with Gasteiger partial charge in [-0.3, -0.25) is 4.79 Å². The van der Waals surface area contributed by atoms with Crippen LogP contribution in [0, 0.1) is 0 Å². The lowest BCUT2D eigenvalue weighted by Gasteiger charge is -2.13. The van der Waals surface area contributed by atoms with E-state index in [0.717, 1.165) is 10.9 Å². The number of halogens is 1. The van der Waals surface area contributed by atoms with Crippen LogP contribution in [-0.4, -0.2) is 11.8 Å². The van der Waals surface area contributed by atoms with E-state index in [9.17, 15) is 4.79 Å². The molecule has 0 fully saturated rings. The van der Waals surface area contributed by atoms with Crippen LogP contribution in [0.2, 0.25) is 0 Å². The van der Waals surface area contributed by atoms with Crippen molar-refractivity contribution in [2.45, 2.75) is 18.9 Å². The molecule has 0 heterocycles. The number of hydrogen-bond acceptors (Lipinski definition) is 2. The van der Waals surface area contributed by atoms with Crippen molar-refractivity contribution in [2.75, 3.05) is 0 Å². The van der Waals surface area contributed by atoms with Crippen LogP contribution in [-0.2, 0) is 4.79 Å². The number of hydrogen-bond donors (Lipinski definition) is 1. The van der Waals surface area contributed by atoms with Gasteiger partial charge in [-0.2, -0.15) is 0 Å². The molecule has 0 aliphatic heterocycles. The summed E-state index contributed by atoms with van der Waals surface area (Å²) in [5.74, 6) is 0.126. The van der Waals surface area contributed by atoms with E-state index < -0.39 is 0 Å². The molecule has 3 heteroatoms. The minimum atomic E-state index is 0.0249. The minimum Gasteiger partial charge on any atom is -0.327 e. The SMILES string of the molecule is NC1CC(=O)C=C(Br)C1. The molecule has 2 N–H and O–H groups in total. The average Bonchev–Trinajstić information content (AvgIpc) is 1.59. The van der Waals surface area contributed by atoms with E-state index in [2.05, 4.69) is 15.9 Å². The second-order valence-corrected chi connectivity index (χ2v) is 3.24. The summed E-state index contributed by atoms with van der Waals surface area (Å²) in [5, 5.41) is 0. The summed E-state index contributed by atoms with van der Waals surface area (Å²) < 4.78 is 0.922. The Morgan fingerprint density at radius 3 is 2.78 bits per heavy atom. The molecule has 0 amide bonds. The molecule has 0 spiro atoms. The standard InChI is InChI=1S/C6H8BrNO/c7-4-1-5(8)3-6(9)2-4/h2,5H,1,3,8H2. The van der Waals surface area contributed by atoms with Crippen molar-refractivity contribution < 1.29 is 4.79 Å². The predicted octanol–water partition coefficient (Wildman–Crippen LogP) is 0.955. The Kier molecular flexibility index (Phi) is 2.03. The summed E-state index contributed by atoms with van der Waals surface area (Å²) in [4.78, 5) is 10.7. The molecule has 0 aromatic rings. The van der Waals surface area contributed by atoms with Crippen molar-refractivity contribution >= 4 is 21.7 Å². The highest BCUT2D eigenvalue weighted by molar-refractivity contribution is 9.11. The third kappa shape index (κ3) is 1.91. The fourth-order valence-corrected chi connectivity index (χ4v) is 1.54. The van der Waals surface area contributed by atoms with E-state index in [1.807, 2.05) is 0 Å². The molecule has 0 aromatic heterocycles. The van der Waals surface area contributed by atoms with Crippen LogP contribution in [0.3, 0.4) is 0 Å². The fourth-order valence-electron chi connectivity index (χ4n) is 0.874. The van der Waals surface area contributed by atoms with Gasteiger partial charge >= 0.3 is 0 Å². The number of carbonyl (C=O) groups is 1. The smallest absolute Gasteiger partial charge is 0.158 e. The number of allylic oxidation sites excluding steroid dienone is 1. The zero-order valence-corrected chi connectivity index (χ0v) is 6.52. The molecule has 0 saturated heterocycles. The van der Waals surface area contributed by atoms with Crippen molar-refractivity contribution in [1.29, 1.82) is 0 Å². The Bertz CT molecular complexity index is 164. The molecule has 0 bridgehead atoms. The van der Waals surface area contributed by atoms with Gasteiger partial charge in [-0.05, 0) is 12.5 Å². The first kappa shape index (κ1) is 6.96. The van der Waals surface area contributed by atoms with Gasteiger partial charge < -0.3 is 5.73 Å². The van der Waals surface area contributed by atoms with Gasteiger partial charge in [-0.1, -0.05) is 15.9 Å². The van der Waals surface area contributed by atoms with Crippen LogP contribution >= 0.6 is 15.9 Å². The van der Waals surface area contributed by atoms with Gasteiger partial charge in [-0.25, -0.2) is 0 Å². The van der Waals surface area contributed by atoms with Gasteiger partial charge in [0.1, 0.15) is 0 Å². The molecule has 1 aliphatic rings. The maximum atomic E-state index is 10.7. The number of carbonyl (C=O) groups excluding carboxylic acids is 1. The first-order valence-electron chi connectivity index (χ1n) is 2.83. The fraction of sp³-hybridized carbons (Fsp3) is 0.500. The Morgan fingerprint density at radius 2 is 2.33 bits per heavy atom. The van der Waals surface area contributed by atoms with Gasteiger partial charge in [0.25, 0.3) is 0 Å². The number of ketones is 1. The summed E-state index contributed by atoms with van der Waals surface area (Å²) >= 11 is 3.23. The molecule has 2 nitrogen and oxygen atoms in total. The van der Waals surface area contributed by atoms with Crippen LogP contribution in [0.25, 0.3) is 0 Å². The summed E-state index contributed by atoms with van der Waals surface area (Å²) in [6.07, 6.45) is 2.89. The number of nitrogens with two attached hydrogens (primary N) is 1. The average molecular weight is 190 g/mol. The van der Waals surface area contributed by atoms with Gasteiger partial charge in [0.2, 0.25) is 0 Å². The second kappa shape index (κ2) is 2.62. The lowest BCUT2D eigenvalue weighted by molar-refractivity contribution is -0.115. The molecule has 1 rings (SSSR count). The topological polar surface area (TPSA) is 43.1 Å². The molecular weight excluding hydrogens is 182 g/mol. The third-order valence-electron chi connectivity index (χ3n) is 1.24. The molecule has 0 saturated carbocycles. The Labute approximate surface area is 62.2 Å². The summed E-state index contributed by atoms with van der Waals surface area (Å²) in [5.41, 5.74) is 5.52. The lowest BCUT2D eigenvalue weighted by atomic mass is 10.0. The molecular formula is C6H8BrNO. The molecule has 0 radical (unpaired) electrons. The predicted molar refractivity (Wildman–Crippen MR) is 39.2 cm³/mol. The molecule has 0 aromatic carbocycles. The van der Waals surface area contributed by atoms with Crippen molar-refractivity contribution in [3.05, 3.63) is 10.6 Å². The van der Waals surface area contributed by atoms with E-state index in [-0.39, 0.29) is 11.8 Å². The quantitative estimate of drug-likeness (QED) is 0.618. The first-order valence-corrected chi connectivity index (χ1v) is 3.62. The number of rotatable bonds is 0.